The van der Waals surface area contributed by atoms with E-state index >= 15 is 0 Å². The van der Waals surface area contributed by atoms with Gasteiger partial charge in [-0.1, -0.05) is 0 Å². The van der Waals surface area contributed by atoms with E-state index in [4.69, 9.17) is 14.9 Å². The molecule has 1 amide bonds. The number of nitrogen functional groups attached to an aromatic ring is 1. The van der Waals surface area contributed by atoms with E-state index in [1.54, 1.807) is 0 Å². The van der Waals surface area contributed by atoms with E-state index in [0.29, 0.717) is 36.4 Å². The molecule has 3 aliphatic rings. The van der Waals surface area contributed by atoms with Gasteiger partial charge in [-0.05, 0) is 44.2 Å². The van der Waals surface area contributed by atoms with Crippen LogP contribution in [0.25, 0.3) is 11.3 Å². The van der Waals surface area contributed by atoms with Crippen LogP contribution in [0.4, 0.5) is 5.82 Å². The molecule has 0 radical (unpaired) electrons. The Morgan fingerprint density at radius 1 is 1.28 bits per heavy atom. The highest BCUT2D eigenvalue weighted by molar-refractivity contribution is 5.82. The van der Waals surface area contributed by atoms with Gasteiger partial charge in [0.15, 0.2) is 0 Å². The lowest BCUT2D eigenvalue weighted by Gasteiger charge is -2.30. The summed E-state index contributed by atoms with van der Waals surface area (Å²) in [6.45, 7) is 1.82. The van der Waals surface area contributed by atoms with E-state index in [0.717, 1.165) is 55.7 Å². The molecule has 1 atom stereocenters. The smallest absolute Gasteiger partial charge is 0.225 e. The number of amides is 1. The van der Waals surface area contributed by atoms with Crippen LogP contribution in [0.3, 0.4) is 0 Å². The maximum Gasteiger partial charge on any atom is 0.225 e. The lowest BCUT2D eigenvalue weighted by molar-refractivity contribution is -0.133. The van der Waals surface area contributed by atoms with Gasteiger partial charge in [0.25, 0.3) is 0 Å². The maximum absolute atomic E-state index is 12.6. The quantitative estimate of drug-likeness (QED) is 0.859. The van der Waals surface area contributed by atoms with Gasteiger partial charge >= 0.3 is 0 Å². The van der Waals surface area contributed by atoms with Gasteiger partial charge < -0.3 is 19.8 Å². The van der Waals surface area contributed by atoms with Crippen molar-refractivity contribution in [2.45, 2.75) is 51.2 Å². The summed E-state index contributed by atoms with van der Waals surface area (Å²) in [5.41, 5.74) is 8.83. The second kappa shape index (κ2) is 7.20. The third kappa shape index (κ3) is 3.28. The van der Waals surface area contributed by atoms with Gasteiger partial charge in [-0.2, -0.15) is 5.26 Å². The summed E-state index contributed by atoms with van der Waals surface area (Å²) in [6, 6.07) is 6.00. The Balaban J connectivity index is 1.55. The molecule has 0 spiro atoms. The molecule has 1 saturated carbocycles. The second-order valence-electron chi connectivity index (χ2n) is 8.13. The van der Waals surface area contributed by atoms with Gasteiger partial charge in [-0.3, -0.25) is 4.79 Å². The first-order valence-electron chi connectivity index (χ1n) is 10.4. The minimum atomic E-state index is -0.0500. The zero-order chi connectivity index (χ0) is 20.0. The molecule has 1 aliphatic carbocycles. The maximum atomic E-state index is 12.6. The number of hydrogen-bond acceptors (Lipinski definition) is 6. The second-order valence-corrected chi connectivity index (χ2v) is 8.13. The molecule has 7 heteroatoms. The van der Waals surface area contributed by atoms with Crippen molar-refractivity contribution >= 4 is 11.7 Å². The van der Waals surface area contributed by atoms with Crippen LogP contribution in [0.5, 0.6) is 0 Å². The molecule has 150 valence electrons. The number of rotatable bonds is 3. The van der Waals surface area contributed by atoms with Crippen molar-refractivity contribution in [3.8, 4) is 17.4 Å². The molecule has 7 nitrogen and oxygen atoms in total. The molecular weight excluding hydrogens is 368 g/mol. The van der Waals surface area contributed by atoms with Crippen molar-refractivity contribution in [2.75, 3.05) is 18.9 Å². The summed E-state index contributed by atoms with van der Waals surface area (Å²) in [6.07, 6.45) is 5.64. The van der Waals surface area contributed by atoms with Crippen LogP contribution in [-0.4, -0.2) is 28.9 Å². The van der Waals surface area contributed by atoms with Crippen LogP contribution in [0, 0.1) is 17.2 Å². The molecule has 1 unspecified atom stereocenters. The summed E-state index contributed by atoms with van der Waals surface area (Å²) >= 11 is 0. The average Bonchev–Trinajstić information content (AvgIpc) is 3.49. The molecule has 2 aliphatic heterocycles. The van der Waals surface area contributed by atoms with Crippen LogP contribution in [0.1, 0.15) is 60.8 Å². The molecule has 1 saturated heterocycles. The molecule has 29 heavy (non-hydrogen) atoms. The molecule has 4 heterocycles. The number of aromatic nitrogens is 1. The predicted molar refractivity (Wildman–Crippen MR) is 105 cm³/mol. The lowest BCUT2D eigenvalue weighted by Crippen LogP contribution is -2.37. The van der Waals surface area contributed by atoms with Gasteiger partial charge in [0.1, 0.15) is 35.1 Å². The number of anilines is 1. The Bertz CT molecular complexity index is 996. The number of fused-ring (bicyclic) bond motifs is 1. The highest BCUT2D eigenvalue weighted by Crippen LogP contribution is 2.39. The van der Waals surface area contributed by atoms with Gasteiger partial charge in [-0.15, -0.1) is 0 Å². The number of nitriles is 1. The van der Waals surface area contributed by atoms with E-state index in [1.807, 2.05) is 17.0 Å². The normalized spacial score (nSPS) is 21.5. The predicted octanol–water partition coefficient (Wildman–Crippen LogP) is 3.33. The highest BCUT2D eigenvalue weighted by atomic mass is 16.5. The largest absolute Gasteiger partial charge is 0.458 e. The summed E-state index contributed by atoms with van der Waals surface area (Å²) < 4.78 is 12.0. The number of pyridine rings is 1. The number of hydrogen-bond donors (Lipinski definition) is 1. The zero-order valence-electron chi connectivity index (χ0n) is 16.3. The van der Waals surface area contributed by atoms with E-state index in [-0.39, 0.29) is 23.7 Å². The summed E-state index contributed by atoms with van der Waals surface area (Å²) in [5, 5.41) is 9.77. The van der Waals surface area contributed by atoms with Gasteiger partial charge in [0.2, 0.25) is 5.91 Å². The fourth-order valence-electron chi connectivity index (χ4n) is 4.37. The monoisotopic (exact) mass is 392 g/mol. The van der Waals surface area contributed by atoms with Crippen molar-refractivity contribution < 1.29 is 13.9 Å². The highest BCUT2D eigenvalue weighted by Gasteiger charge is 2.36. The Labute approximate surface area is 169 Å². The van der Waals surface area contributed by atoms with Gasteiger partial charge in [-0.25, -0.2) is 4.98 Å². The Morgan fingerprint density at radius 3 is 2.86 bits per heavy atom. The van der Waals surface area contributed by atoms with Crippen molar-refractivity contribution in [3.05, 3.63) is 34.7 Å². The Morgan fingerprint density at radius 2 is 2.14 bits per heavy atom. The molecule has 2 aromatic rings. The average molecular weight is 392 g/mol. The topological polar surface area (TPSA) is 105 Å². The number of carbonyl (C=O) groups excluding carboxylic acids is 1. The fourth-order valence-corrected chi connectivity index (χ4v) is 4.37. The SMILES string of the molecule is N#Cc1c(N)nc2c(c1-c1ccc(C3CCCCO3)o1)CN(C(=O)C1CC1)CC2. The third-order valence-corrected chi connectivity index (χ3v) is 6.10. The van der Waals surface area contributed by atoms with E-state index in [2.05, 4.69) is 11.1 Å². The number of ether oxygens (including phenoxy) is 1. The van der Waals surface area contributed by atoms with Crippen molar-refractivity contribution in [1.82, 2.24) is 9.88 Å². The van der Waals surface area contributed by atoms with Crippen molar-refractivity contribution in [1.29, 1.82) is 5.26 Å². The van der Waals surface area contributed by atoms with Gasteiger partial charge in [0.05, 0.1) is 5.69 Å². The Hall–Kier alpha value is -2.85. The molecule has 0 aromatic carbocycles. The fraction of sp³-hybridized carbons (Fsp3) is 0.500. The van der Waals surface area contributed by atoms with E-state index in [1.165, 1.54) is 0 Å². The zero-order valence-corrected chi connectivity index (χ0v) is 16.3. The molecule has 0 bridgehead atoms. The van der Waals surface area contributed by atoms with Gasteiger partial charge in [0, 0.05) is 43.2 Å². The van der Waals surface area contributed by atoms with Crippen molar-refractivity contribution in [2.24, 2.45) is 5.92 Å². The summed E-state index contributed by atoms with van der Waals surface area (Å²) in [5.74, 6) is 1.95. The van der Waals surface area contributed by atoms with Crippen LogP contribution < -0.4 is 5.73 Å². The van der Waals surface area contributed by atoms with Crippen LogP contribution in [-0.2, 0) is 22.5 Å². The molecule has 2 fully saturated rings. The van der Waals surface area contributed by atoms with E-state index in [9.17, 15) is 10.1 Å². The molecule has 2 aromatic heterocycles. The third-order valence-electron chi connectivity index (χ3n) is 6.10. The number of nitrogens with two attached hydrogens (primary N) is 1. The van der Waals surface area contributed by atoms with Crippen LogP contribution in [0.15, 0.2) is 16.5 Å². The van der Waals surface area contributed by atoms with Crippen molar-refractivity contribution in [3.63, 3.8) is 0 Å². The Kier molecular flexibility index (Phi) is 4.51. The van der Waals surface area contributed by atoms with Crippen LogP contribution >= 0.6 is 0 Å². The van der Waals surface area contributed by atoms with E-state index < -0.39 is 0 Å². The minimum Gasteiger partial charge on any atom is -0.458 e. The molecule has 5 rings (SSSR count). The minimum absolute atomic E-state index is 0.0500. The molecule has 2 N–H and O–H groups in total. The summed E-state index contributed by atoms with van der Waals surface area (Å²) in [4.78, 5) is 19.0. The number of furan rings is 1. The molecular formula is C22H24N4O3. The standard InChI is InChI=1S/C22H24N4O3/c23-11-14-20(19-7-6-18(29-19)17-3-1-2-10-28-17)15-12-26(22(27)13-4-5-13)9-8-16(15)25-21(14)24/h6-7,13,17H,1-5,8-10,12H2,(H2,24,25). The van der Waals surface area contributed by atoms with Crippen LogP contribution in [0.2, 0.25) is 0 Å². The number of carbonyl (C=O) groups is 1. The number of nitrogens with zero attached hydrogens (tertiary/aromatic N) is 3. The first-order valence-corrected chi connectivity index (χ1v) is 10.4. The first-order chi connectivity index (χ1) is 14.2. The lowest BCUT2D eigenvalue weighted by atomic mass is 9.94. The first kappa shape index (κ1) is 18.2. The summed E-state index contributed by atoms with van der Waals surface area (Å²) in [7, 11) is 0.